The Bertz CT molecular complexity index is 1560. The smallest absolute Gasteiger partial charge is 0.328 e. The molecule has 0 aromatic heterocycles. The van der Waals surface area contributed by atoms with Gasteiger partial charge in [0.05, 0.1) is 28.0 Å². The normalized spacial score (nSPS) is 35.5. The third kappa shape index (κ3) is 11.5. The number of carboxylic acids is 1. The van der Waals surface area contributed by atoms with E-state index in [9.17, 15) is 19.8 Å². The van der Waals surface area contributed by atoms with Crippen molar-refractivity contribution in [1.82, 2.24) is 0 Å². The van der Waals surface area contributed by atoms with E-state index >= 15 is 0 Å². The van der Waals surface area contributed by atoms with E-state index in [0.29, 0.717) is 18.4 Å². The molecule has 0 unspecified atom stereocenters. The van der Waals surface area contributed by atoms with Crippen molar-refractivity contribution in [2.24, 2.45) is 11.8 Å². The minimum atomic E-state index is -2.38. The first-order valence-electron chi connectivity index (χ1n) is 21.9. The molecule has 0 radical (unpaired) electrons. The summed E-state index contributed by atoms with van der Waals surface area (Å²) in [4.78, 5) is 25.2. The Kier molecular flexibility index (Phi) is 16.1. The summed E-state index contributed by atoms with van der Waals surface area (Å²) >= 11 is 6.06. The standard InChI is InChI=1S/C44H75IO10S2Si2/c1-28(26-36(48)49)42(8,55-58(9,10)11)39(54-59(12,13)40(4,5)6)38-37(50-38)34-17-18-35-41(7,52-34)19-20-43(53-35)29(2)24-31(51-43)27-44(56-22-15-23-57-44)30(3)25-33(47)32(46)16-14-21-45/h14,21,26,29-32,34-35,37-39,46H,15-20,22-25,27H2,1-13H3,(H,48,49)/b21-14+,28-26+/t29-,30-,31+,32-,34-,35+,37-,38+,39+,41-,42+,43-/m0/s1. The first-order chi connectivity index (χ1) is 27.2. The molecule has 0 saturated carbocycles. The Morgan fingerprint density at radius 2 is 1.69 bits per heavy atom. The zero-order chi connectivity index (χ0) is 44.0. The number of Topliss-reactive ketones (excluding diaryl/α,β-unsaturated/α-hetero) is 1. The van der Waals surface area contributed by atoms with Crippen LogP contribution in [0.5, 0.6) is 0 Å². The van der Waals surface area contributed by atoms with Crippen LogP contribution in [0.2, 0.25) is 37.8 Å². The maximum Gasteiger partial charge on any atom is 0.328 e. The van der Waals surface area contributed by atoms with Gasteiger partial charge in [0.15, 0.2) is 28.2 Å². The van der Waals surface area contributed by atoms with Gasteiger partial charge >= 0.3 is 5.97 Å². The van der Waals surface area contributed by atoms with Crippen LogP contribution in [0.15, 0.2) is 21.8 Å². The highest BCUT2D eigenvalue weighted by Gasteiger charge is 2.64. The van der Waals surface area contributed by atoms with E-state index in [4.69, 9.17) is 27.8 Å². The minimum absolute atomic E-state index is 0.0129. The summed E-state index contributed by atoms with van der Waals surface area (Å²) in [5.41, 5.74) is -0.915. The average molecular weight is 1010 g/mol. The second-order valence-corrected chi connectivity index (χ2v) is 34.0. The number of hydrogen-bond acceptors (Lipinski definition) is 11. The molecule has 5 aliphatic heterocycles. The molecule has 5 saturated heterocycles. The van der Waals surface area contributed by atoms with Crippen LogP contribution in [-0.4, -0.2) is 114 Å². The molecule has 59 heavy (non-hydrogen) atoms. The number of rotatable bonds is 17. The van der Waals surface area contributed by atoms with Crippen LogP contribution in [0.3, 0.4) is 0 Å². The monoisotopic (exact) mass is 1010 g/mol. The summed E-state index contributed by atoms with van der Waals surface area (Å²) in [5.74, 6) is 0.658. The number of carbonyl (C=O) groups excluding carboxylic acids is 1. The number of aliphatic hydroxyl groups excluding tert-OH is 1. The molecule has 0 bridgehead atoms. The molecule has 0 aromatic rings. The summed E-state index contributed by atoms with van der Waals surface area (Å²) in [5, 5.41) is 20.3. The number of ketones is 1. The van der Waals surface area contributed by atoms with Gasteiger partial charge in [-0.2, -0.15) is 0 Å². The van der Waals surface area contributed by atoms with Crippen molar-refractivity contribution in [3.63, 3.8) is 0 Å². The van der Waals surface area contributed by atoms with Crippen molar-refractivity contribution in [2.75, 3.05) is 11.5 Å². The summed E-state index contributed by atoms with van der Waals surface area (Å²) in [7, 11) is -4.59. The molecule has 0 aromatic carbocycles. The number of ether oxygens (including phenoxy) is 4. The lowest BCUT2D eigenvalue weighted by atomic mass is 9.78. The third-order valence-corrected chi connectivity index (χ3v) is 23.9. The molecular formula is C44H75IO10S2Si2. The first-order valence-corrected chi connectivity index (χ1v) is 31.5. The average Bonchev–Trinajstić information content (AvgIpc) is 3.86. The lowest BCUT2D eigenvalue weighted by Crippen LogP contribution is -2.61. The first kappa shape index (κ1) is 50.2. The van der Waals surface area contributed by atoms with Crippen molar-refractivity contribution in [1.29, 1.82) is 0 Å². The van der Waals surface area contributed by atoms with E-state index in [2.05, 4.69) is 96.9 Å². The van der Waals surface area contributed by atoms with E-state index in [-0.39, 0.29) is 57.3 Å². The lowest BCUT2D eigenvalue weighted by molar-refractivity contribution is -0.344. The highest BCUT2D eigenvalue weighted by molar-refractivity contribution is 14.1. The predicted octanol–water partition coefficient (Wildman–Crippen LogP) is 10.3. The zero-order valence-electron chi connectivity index (χ0n) is 38.1. The number of aliphatic carboxylic acids is 1. The Balaban J connectivity index is 1.29. The van der Waals surface area contributed by atoms with Gasteiger partial charge in [-0.1, -0.05) is 63.3 Å². The molecular weight excluding hydrogens is 936 g/mol. The predicted molar refractivity (Wildman–Crippen MR) is 252 cm³/mol. The van der Waals surface area contributed by atoms with Crippen LogP contribution in [0, 0.1) is 11.8 Å². The molecule has 2 N–H and O–H groups in total. The van der Waals surface area contributed by atoms with E-state index in [0.717, 1.165) is 56.5 Å². The zero-order valence-corrected chi connectivity index (χ0v) is 43.9. The Hall–Kier alpha value is 0.204. The molecule has 0 amide bonds. The fourth-order valence-electron chi connectivity index (χ4n) is 9.46. The number of carbonyl (C=O) groups is 2. The Morgan fingerprint density at radius 3 is 2.29 bits per heavy atom. The Labute approximate surface area is 379 Å². The van der Waals surface area contributed by atoms with Gasteiger partial charge < -0.3 is 38.0 Å². The van der Waals surface area contributed by atoms with E-state index < -0.39 is 51.8 Å². The quantitative estimate of drug-likeness (QED) is 0.0622. The van der Waals surface area contributed by atoms with Crippen molar-refractivity contribution >= 4 is 74.5 Å². The number of aliphatic hydroxyl groups is 1. The van der Waals surface area contributed by atoms with Crippen molar-refractivity contribution in [3.8, 4) is 0 Å². The fourth-order valence-corrected chi connectivity index (χ4v) is 16.3. The number of epoxide rings is 1. The molecule has 5 rings (SSSR count). The molecule has 5 heterocycles. The summed E-state index contributed by atoms with van der Waals surface area (Å²) in [6.45, 7) is 27.9. The highest BCUT2D eigenvalue weighted by atomic mass is 127. The number of hydrogen-bond donors (Lipinski definition) is 2. The third-order valence-electron chi connectivity index (χ3n) is 14.1. The van der Waals surface area contributed by atoms with Gasteiger partial charge in [-0.15, -0.1) is 23.5 Å². The van der Waals surface area contributed by atoms with Crippen LogP contribution >= 0.6 is 46.1 Å². The summed E-state index contributed by atoms with van der Waals surface area (Å²) in [6, 6.07) is 0. The van der Waals surface area contributed by atoms with Crippen LogP contribution in [0.25, 0.3) is 0 Å². The molecule has 1 spiro atoms. The molecule has 338 valence electrons. The molecule has 10 nitrogen and oxygen atoms in total. The van der Waals surface area contributed by atoms with E-state index in [1.165, 1.54) is 6.08 Å². The molecule has 12 atom stereocenters. The largest absolute Gasteiger partial charge is 0.478 e. The van der Waals surface area contributed by atoms with Crippen molar-refractivity contribution in [2.45, 2.75) is 215 Å². The van der Waals surface area contributed by atoms with Crippen LogP contribution < -0.4 is 0 Å². The molecule has 5 fully saturated rings. The van der Waals surface area contributed by atoms with Gasteiger partial charge in [0.2, 0.25) is 0 Å². The number of carboxylic acid groups (broad SMARTS) is 1. The van der Waals surface area contributed by atoms with E-state index in [1.807, 2.05) is 47.5 Å². The van der Waals surface area contributed by atoms with Crippen LogP contribution in [-0.2, 0) is 37.4 Å². The van der Waals surface area contributed by atoms with Gasteiger partial charge in [0.25, 0.3) is 0 Å². The van der Waals surface area contributed by atoms with Gasteiger partial charge in [0, 0.05) is 24.8 Å². The number of thioether (sulfide) groups is 2. The second-order valence-electron chi connectivity index (χ2n) is 20.9. The number of fused-ring (bicyclic) bond motifs is 1. The van der Waals surface area contributed by atoms with Gasteiger partial charge in [-0.05, 0) is 131 Å². The maximum absolute atomic E-state index is 13.1. The summed E-state index contributed by atoms with van der Waals surface area (Å²) in [6.07, 6.45) is 7.53. The van der Waals surface area contributed by atoms with E-state index in [1.54, 1.807) is 0 Å². The second kappa shape index (κ2) is 19.0. The summed E-state index contributed by atoms with van der Waals surface area (Å²) < 4.78 is 43.8. The van der Waals surface area contributed by atoms with Gasteiger partial charge in [-0.25, -0.2) is 4.79 Å². The highest BCUT2D eigenvalue weighted by Crippen LogP contribution is 2.57. The Morgan fingerprint density at radius 1 is 1.03 bits per heavy atom. The van der Waals surface area contributed by atoms with Crippen molar-refractivity contribution < 1.29 is 47.6 Å². The van der Waals surface area contributed by atoms with Gasteiger partial charge in [0.1, 0.15) is 30.0 Å². The fraction of sp³-hybridized carbons (Fsp3) is 0.864. The lowest BCUT2D eigenvalue weighted by Gasteiger charge is -2.53. The number of halogens is 1. The van der Waals surface area contributed by atoms with Crippen molar-refractivity contribution in [3.05, 3.63) is 21.8 Å². The minimum Gasteiger partial charge on any atom is -0.478 e. The molecule has 15 heteroatoms. The molecule has 5 aliphatic rings. The van der Waals surface area contributed by atoms with Crippen LogP contribution in [0.1, 0.15) is 113 Å². The van der Waals surface area contributed by atoms with Crippen LogP contribution in [0.4, 0.5) is 0 Å². The molecule has 0 aliphatic carbocycles. The topological polar surface area (TPSA) is 133 Å². The SMILES string of the molecule is C/C(=C\C(=O)O)[C@@](C)(O[Si](C)(C)C)[C@H](O[Si](C)(C)C(C)(C)C)[C@@H]1O[C@H]1[C@@H]1CC[C@H]2O[C@]3(CC[C@]2(C)O1)O[C@@H](CC1([C@@H](C)CC(=O)[C@@H](O)C/C=C/I)SCCCS1)C[C@@H]3C. The van der Waals surface area contributed by atoms with Gasteiger partial charge in [-0.3, -0.25) is 4.79 Å². The maximum atomic E-state index is 13.1.